The molecule has 3 nitrogen and oxygen atoms in total. The van der Waals surface area contributed by atoms with Gasteiger partial charge in [0.15, 0.2) is 0 Å². The van der Waals surface area contributed by atoms with Gasteiger partial charge >= 0.3 is 6.18 Å². The Morgan fingerprint density at radius 3 is 2.50 bits per heavy atom. The summed E-state index contributed by atoms with van der Waals surface area (Å²) in [5, 5.41) is 6.16. The summed E-state index contributed by atoms with van der Waals surface area (Å²) in [7, 11) is 0. The standard InChI is InChI=1S/C20H21F3N2O/c1-13(25-19(26)18-6-3-11-24-18)15-4-2-5-16(12-15)14-7-9-17(10-8-14)20(21,22)23/h2,4-5,7-10,12-13,18,24H,3,6,11H2,1H3,(H,25,26)/t13-,18+/m1/s1. The molecule has 3 rings (SSSR count). The SMILES string of the molecule is C[C@@H](NC(=O)[C@@H]1CCCN1)c1cccc(-c2ccc(C(F)(F)F)cc2)c1. The van der Waals surface area contributed by atoms with E-state index >= 15 is 0 Å². The number of hydrogen-bond donors (Lipinski definition) is 2. The van der Waals surface area contributed by atoms with Crippen LogP contribution in [0.3, 0.4) is 0 Å². The Morgan fingerprint density at radius 1 is 1.15 bits per heavy atom. The maximum atomic E-state index is 12.7. The molecule has 2 N–H and O–H groups in total. The van der Waals surface area contributed by atoms with E-state index in [1.54, 1.807) is 0 Å². The molecule has 2 aromatic carbocycles. The molecule has 0 saturated carbocycles. The van der Waals surface area contributed by atoms with Crippen LogP contribution in [0.25, 0.3) is 11.1 Å². The van der Waals surface area contributed by atoms with Crippen LogP contribution in [0.15, 0.2) is 48.5 Å². The van der Waals surface area contributed by atoms with E-state index in [1.165, 1.54) is 12.1 Å². The van der Waals surface area contributed by atoms with Crippen LogP contribution in [0.5, 0.6) is 0 Å². The normalized spacial score (nSPS) is 18.5. The topological polar surface area (TPSA) is 41.1 Å². The lowest BCUT2D eigenvalue weighted by Gasteiger charge is -2.18. The second kappa shape index (κ2) is 7.50. The highest BCUT2D eigenvalue weighted by atomic mass is 19.4. The zero-order valence-electron chi connectivity index (χ0n) is 14.4. The average molecular weight is 362 g/mol. The van der Waals surface area contributed by atoms with Gasteiger partial charge in [0.1, 0.15) is 0 Å². The van der Waals surface area contributed by atoms with Crippen LogP contribution >= 0.6 is 0 Å². The van der Waals surface area contributed by atoms with E-state index in [4.69, 9.17) is 0 Å². The molecule has 26 heavy (non-hydrogen) atoms. The van der Waals surface area contributed by atoms with Crippen LogP contribution in [0.4, 0.5) is 13.2 Å². The van der Waals surface area contributed by atoms with Crippen LogP contribution in [0, 0.1) is 0 Å². The fourth-order valence-corrected chi connectivity index (χ4v) is 3.14. The summed E-state index contributed by atoms with van der Waals surface area (Å²) >= 11 is 0. The maximum absolute atomic E-state index is 12.7. The molecule has 1 amide bonds. The quantitative estimate of drug-likeness (QED) is 0.851. The molecular formula is C20H21F3N2O. The van der Waals surface area contributed by atoms with Crippen molar-refractivity contribution in [3.05, 3.63) is 59.7 Å². The number of benzene rings is 2. The predicted molar refractivity (Wildman–Crippen MR) is 94.5 cm³/mol. The molecule has 0 aliphatic carbocycles. The van der Waals surface area contributed by atoms with Gasteiger partial charge in [-0.25, -0.2) is 0 Å². The average Bonchev–Trinajstić information content (AvgIpc) is 3.16. The summed E-state index contributed by atoms with van der Waals surface area (Å²) in [5.41, 5.74) is 1.77. The molecular weight excluding hydrogens is 341 g/mol. The third kappa shape index (κ3) is 4.25. The maximum Gasteiger partial charge on any atom is 0.416 e. The predicted octanol–water partition coefficient (Wildman–Crippen LogP) is 4.30. The first-order chi connectivity index (χ1) is 12.3. The highest BCUT2D eigenvalue weighted by molar-refractivity contribution is 5.82. The Labute approximate surface area is 150 Å². The summed E-state index contributed by atoms with van der Waals surface area (Å²) in [6.07, 6.45) is -2.51. The number of amides is 1. The van der Waals surface area contributed by atoms with E-state index in [-0.39, 0.29) is 18.0 Å². The third-order valence-corrected chi connectivity index (χ3v) is 4.67. The summed E-state index contributed by atoms with van der Waals surface area (Å²) < 4.78 is 38.1. The minimum absolute atomic E-state index is 0.0186. The van der Waals surface area contributed by atoms with Gasteiger partial charge in [0.05, 0.1) is 17.6 Å². The summed E-state index contributed by atoms with van der Waals surface area (Å²) in [6.45, 7) is 2.76. The number of rotatable bonds is 4. The summed E-state index contributed by atoms with van der Waals surface area (Å²) in [5.74, 6) is -0.0186. The highest BCUT2D eigenvalue weighted by Gasteiger charge is 2.30. The van der Waals surface area contributed by atoms with Crippen LogP contribution in [0.1, 0.15) is 36.9 Å². The number of alkyl halides is 3. The van der Waals surface area contributed by atoms with Crippen molar-refractivity contribution in [1.82, 2.24) is 10.6 Å². The number of carbonyl (C=O) groups is 1. The van der Waals surface area contributed by atoms with Gasteiger partial charge in [-0.2, -0.15) is 13.2 Å². The van der Waals surface area contributed by atoms with Crippen molar-refractivity contribution in [2.75, 3.05) is 6.54 Å². The van der Waals surface area contributed by atoms with Crippen molar-refractivity contribution >= 4 is 5.91 Å². The van der Waals surface area contributed by atoms with E-state index in [0.29, 0.717) is 5.56 Å². The smallest absolute Gasteiger partial charge is 0.348 e. The lowest BCUT2D eigenvalue weighted by molar-refractivity contribution is -0.137. The second-order valence-corrected chi connectivity index (χ2v) is 6.58. The minimum Gasteiger partial charge on any atom is -0.348 e. The Kier molecular flexibility index (Phi) is 5.32. The van der Waals surface area contributed by atoms with Crippen LogP contribution in [-0.2, 0) is 11.0 Å². The van der Waals surface area contributed by atoms with Gasteiger partial charge in [-0.3, -0.25) is 4.79 Å². The van der Waals surface area contributed by atoms with Crippen molar-refractivity contribution in [3.8, 4) is 11.1 Å². The third-order valence-electron chi connectivity index (χ3n) is 4.67. The van der Waals surface area contributed by atoms with Crippen LogP contribution in [0.2, 0.25) is 0 Å². The van der Waals surface area contributed by atoms with Gasteiger partial charge in [-0.1, -0.05) is 30.3 Å². The largest absolute Gasteiger partial charge is 0.416 e. The van der Waals surface area contributed by atoms with E-state index < -0.39 is 11.7 Å². The number of halogens is 3. The molecule has 1 saturated heterocycles. The van der Waals surface area contributed by atoms with Crippen molar-refractivity contribution in [2.45, 2.75) is 38.0 Å². The molecule has 2 atom stereocenters. The lowest BCUT2D eigenvalue weighted by Crippen LogP contribution is -2.41. The molecule has 0 spiro atoms. The number of carbonyl (C=O) groups excluding carboxylic acids is 1. The summed E-state index contributed by atoms with van der Waals surface area (Å²) in [4.78, 5) is 12.2. The van der Waals surface area contributed by atoms with Crippen LogP contribution in [-0.4, -0.2) is 18.5 Å². The molecule has 1 aliphatic rings. The molecule has 0 aromatic heterocycles. The molecule has 2 aromatic rings. The Hall–Kier alpha value is -2.34. The Bertz CT molecular complexity index is 765. The first-order valence-corrected chi connectivity index (χ1v) is 8.66. The second-order valence-electron chi connectivity index (χ2n) is 6.58. The number of nitrogens with one attached hydrogen (secondary N) is 2. The van der Waals surface area contributed by atoms with Gasteiger partial charge in [0.2, 0.25) is 5.91 Å². The molecule has 138 valence electrons. The zero-order chi connectivity index (χ0) is 18.7. The van der Waals surface area contributed by atoms with E-state index in [0.717, 1.165) is 42.6 Å². The van der Waals surface area contributed by atoms with Crippen molar-refractivity contribution in [2.24, 2.45) is 0 Å². The monoisotopic (exact) mass is 362 g/mol. The van der Waals surface area contributed by atoms with Gasteiger partial charge in [0, 0.05) is 0 Å². The Morgan fingerprint density at radius 2 is 1.88 bits per heavy atom. The fourth-order valence-electron chi connectivity index (χ4n) is 3.14. The number of hydrogen-bond acceptors (Lipinski definition) is 2. The van der Waals surface area contributed by atoms with Crippen LogP contribution < -0.4 is 10.6 Å². The molecule has 6 heteroatoms. The van der Waals surface area contributed by atoms with Crippen molar-refractivity contribution < 1.29 is 18.0 Å². The van der Waals surface area contributed by atoms with E-state index in [2.05, 4.69) is 10.6 Å². The lowest BCUT2D eigenvalue weighted by atomic mass is 9.99. The molecule has 0 bridgehead atoms. The molecule has 1 fully saturated rings. The Balaban J connectivity index is 1.74. The zero-order valence-corrected chi connectivity index (χ0v) is 14.4. The minimum atomic E-state index is -4.34. The molecule has 1 heterocycles. The summed E-state index contributed by atoms with van der Waals surface area (Å²) in [6, 6.07) is 12.3. The first kappa shape index (κ1) is 18.5. The van der Waals surface area contributed by atoms with Gasteiger partial charge < -0.3 is 10.6 Å². The van der Waals surface area contributed by atoms with Gasteiger partial charge in [0.25, 0.3) is 0 Å². The van der Waals surface area contributed by atoms with E-state index in [1.807, 2.05) is 31.2 Å². The van der Waals surface area contributed by atoms with Crippen molar-refractivity contribution in [1.29, 1.82) is 0 Å². The molecule has 0 radical (unpaired) electrons. The van der Waals surface area contributed by atoms with E-state index in [9.17, 15) is 18.0 Å². The van der Waals surface area contributed by atoms with Gasteiger partial charge in [-0.05, 0) is 61.2 Å². The highest BCUT2D eigenvalue weighted by Crippen LogP contribution is 2.31. The molecule has 0 unspecified atom stereocenters. The van der Waals surface area contributed by atoms with Crippen molar-refractivity contribution in [3.63, 3.8) is 0 Å². The molecule has 1 aliphatic heterocycles. The first-order valence-electron chi connectivity index (χ1n) is 8.66. The fraction of sp³-hybridized carbons (Fsp3) is 0.350. The van der Waals surface area contributed by atoms with Gasteiger partial charge in [-0.15, -0.1) is 0 Å².